The van der Waals surface area contributed by atoms with Crippen LogP contribution in [0, 0.1) is 0 Å². The lowest BCUT2D eigenvalue weighted by Crippen LogP contribution is -2.48. The summed E-state index contributed by atoms with van der Waals surface area (Å²) < 4.78 is 5.71. The molecule has 1 aliphatic heterocycles. The molecule has 0 atom stereocenters. The highest BCUT2D eigenvalue weighted by molar-refractivity contribution is 6.32. The maximum absolute atomic E-state index is 6.22. The van der Waals surface area contributed by atoms with Crippen molar-refractivity contribution in [2.45, 2.75) is 32.8 Å². The minimum absolute atomic E-state index is 0.177. The van der Waals surface area contributed by atoms with Crippen LogP contribution in [0.4, 0.5) is 11.8 Å². The summed E-state index contributed by atoms with van der Waals surface area (Å²) in [6.07, 6.45) is 2.69. The van der Waals surface area contributed by atoms with Crippen LogP contribution in [0.1, 0.15) is 27.2 Å². The molecule has 0 aromatic carbocycles. The molecular formula is C13H21ClN4O. The summed E-state index contributed by atoms with van der Waals surface area (Å²) in [5.41, 5.74) is -0.177. The molecule has 1 N–H and O–H groups in total. The quantitative estimate of drug-likeness (QED) is 0.921. The fraction of sp³-hybridized carbons (Fsp3) is 0.692. The van der Waals surface area contributed by atoms with Gasteiger partial charge in [0.25, 0.3) is 0 Å². The van der Waals surface area contributed by atoms with Crippen LogP contribution in [0.3, 0.4) is 0 Å². The van der Waals surface area contributed by atoms with Gasteiger partial charge in [-0.05, 0) is 20.3 Å². The standard InChI is InChI=1S/C13H21ClN4O/c1-4-5-15-12-16-8-10(14)11(17-12)18-6-7-19-13(2,3)9-18/h8H,4-7,9H2,1-3H3,(H,15,16,17). The van der Waals surface area contributed by atoms with E-state index in [9.17, 15) is 0 Å². The van der Waals surface area contributed by atoms with Gasteiger partial charge in [-0.1, -0.05) is 18.5 Å². The highest BCUT2D eigenvalue weighted by Gasteiger charge is 2.29. The number of rotatable bonds is 4. The van der Waals surface area contributed by atoms with Crippen molar-refractivity contribution in [1.82, 2.24) is 9.97 Å². The zero-order chi connectivity index (χ0) is 13.9. The molecule has 0 aliphatic carbocycles. The second-order valence-electron chi connectivity index (χ2n) is 5.32. The van der Waals surface area contributed by atoms with Gasteiger partial charge in [0.2, 0.25) is 5.95 Å². The number of aromatic nitrogens is 2. The molecule has 2 rings (SSSR count). The van der Waals surface area contributed by atoms with Crippen molar-refractivity contribution >= 4 is 23.4 Å². The summed E-state index contributed by atoms with van der Waals surface area (Å²) in [6, 6.07) is 0. The van der Waals surface area contributed by atoms with Gasteiger partial charge in [0, 0.05) is 19.6 Å². The minimum Gasteiger partial charge on any atom is -0.372 e. The van der Waals surface area contributed by atoms with Crippen molar-refractivity contribution in [3.8, 4) is 0 Å². The summed E-state index contributed by atoms with van der Waals surface area (Å²) >= 11 is 6.22. The average Bonchev–Trinajstić information content (AvgIpc) is 2.36. The summed E-state index contributed by atoms with van der Waals surface area (Å²) in [5.74, 6) is 1.41. The third kappa shape index (κ3) is 3.70. The molecule has 1 aromatic heterocycles. The first kappa shape index (κ1) is 14.3. The largest absolute Gasteiger partial charge is 0.372 e. The summed E-state index contributed by atoms with van der Waals surface area (Å²) in [7, 11) is 0. The molecule has 0 unspecified atom stereocenters. The van der Waals surface area contributed by atoms with Crippen LogP contribution in [0.2, 0.25) is 5.02 Å². The SMILES string of the molecule is CCCNc1ncc(Cl)c(N2CCOC(C)(C)C2)n1. The lowest BCUT2D eigenvalue weighted by molar-refractivity contribution is -0.0279. The van der Waals surface area contributed by atoms with E-state index in [4.69, 9.17) is 16.3 Å². The number of ether oxygens (including phenoxy) is 1. The lowest BCUT2D eigenvalue weighted by Gasteiger charge is -2.39. The number of morpholine rings is 1. The van der Waals surface area contributed by atoms with Crippen molar-refractivity contribution in [2.75, 3.05) is 36.5 Å². The Kier molecular flexibility index (Phi) is 4.47. The van der Waals surface area contributed by atoms with E-state index in [0.29, 0.717) is 17.6 Å². The number of hydrogen-bond acceptors (Lipinski definition) is 5. The average molecular weight is 285 g/mol. The van der Waals surface area contributed by atoms with Gasteiger partial charge < -0.3 is 15.0 Å². The van der Waals surface area contributed by atoms with Gasteiger partial charge in [0.1, 0.15) is 5.02 Å². The fourth-order valence-electron chi connectivity index (χ4n) is 2.10. The zero-order valence-corrected chi connectivity index (χ0v) is 12.5. The van der Waals surface area contributed by atoms with Gasteiger partial charge in [0.05, 0.1) is 18.4 Å². The monoisotopic (exact) mass is 284 g/mol. The van der Waals surface area contributed by atoms with Crippen LogP contribution >= 0.6 is 11.6 Å². The highest BCUT2D eigenvalue weighted by Crippen LogP contribution is 2.28. The van der Waals surface area contributed by atoms with E-state index in [-0.39, 0.29) is 5.60 Å². The molecule has 1 fully saturated rings. The third-order valence-electron chi connectivity index (χ3n) is 2.98. The first-order valence-electron chi connectivity index (χ1n) is 6.67. The maximum Gasteiger partial charge on any atom is 0.224 e. The minimum atomic E-state index is -0.177. The summed E-state index contributed by atoms with van der Waals surface area (Å²) in [4.78, 5) is 10.9. The molecule has 0 radical (unpaired) electrons. The molecule has 1 aliphatic rings. The second-order valence-corrected chi connectivity index (χ2v) is 5.73. The molecular weight excluding hydrogens is 264 g/mol. The molecule has 0 saturated carbocycles. The molecule has 5 nitrogen and oxygen atoms in total. The Morgan fingerprint density at radius 1 is 1.53 bits per heavy atom. The molecule has 2 heterocycles. The normalized spacial score (nSPS) is 18.4. The van der Waals surface area contributed by atoms with Gasteiger partial charge in [0.15, 0.2) is 5.82 Å². The van der Waals surface area contributed by atoms with Gasteiger partial charge >= 0.3 is 0 Å². The van der Waals surface area contributed by atoms with E-state index >= 15 is 0 Å². The summed E-state index contributed by atoms with van der Waals surface area (Å²) in [6.45, 7) is 9.37. The van der Waals surface area contributed by atoms with Gasteiger partial charge in [-0.2, -0.15) is 4.98 Å². The predicted octanol–water partition coefficient (Wildman–Crippen LogP) is 2.57. The van der Waals surface area contributed by atoms with Gasteiger partial charge in [-0.15, -0.1) is 0 Å². The first-order valence-corrected chi connectivity index (χ1v) is 7.05. The Bertz CT molecular complexity index is 439. The number of hydrogen-bond donors (Lipinski definition) is 1. The predicted molar refractivity (Wildman–Crippen MR) is 78.1 cm³/mol. The van der Waals surface area contributed by atoms with Crippen LogP contribution in [-0.2, 0) is 4.74 Å². The van der Waals surface area contributed by atoms with Crippen molar-refractivity contribution in [3.63, 3.8) is 0 Å². The summed E-state index contributed by atoms with van der Waals surface area (Å²) in [5, 5.41) is 3.77. The number of nitrogens with zero attached hydrogens (tertiary/aromatic N) is 3. The molecule has 1 aromatic rings. The van der Waals surface area contributed by atoms with Gasteiger partial charge in [-0.25, -0.2) is 4.98 Å². The van der Waals surface area contributed by atoms with Crippen molar-refractivity contribution in [3.05, 3.63) is 11.2 Å². The van der Waals surface area contributed by atoms with Crippen LogP contribution in [0.25, 0.3) is 0 Å². The molecule has 6 heteroatoms. The lowest BCUT2D eigenvalue weighted by atomic mass is 10.1. The van der Waals surface area contributed by atoms with E-state index in [2.05, 4.69) is 41.0 Å². The molecule has 0 amide bonds. The Labute approximate surface area is 119 Å². The van der Waals surface area contributed by atoms with Crippen LogP contribution in [0.15, 0.2) is 6.20 Å². The van der Waals surface area contributed by atoms with Crippen LogP contribution < -0.4 is 10.2 Å². The topological polar surface area (TPSA) is 50.3 Å². The fourth-order valence-corrected chi connectivity index (χ4v) is 2.31. The smallest absolute Gasteiger partial charge is 0.224 e. The Hall–Kier alpha value is -1.07. The number of halogens is 1. The molecule has 1 saturated heterocycles. The molecule has 0 bridgehead atoms. The first-order chi connectivity index (χ1) is 9.02. The number of anilines is 2. The van der Waals surface area contributed by atoms with E-state index in [1.807, 2.05) is 0 Å². The van der Waals surface area contributed by atoms with Crippen LogP contribution in [-0.4, -0.2) is 41.8 Å². The molecule has 106 valence electrons. The van der Waals surface area contributed by atoms with Crippen molar-refractivity contribution < 1.29 is 4.74 Å². The third-order valence-corrected chi connectivity index (χ3v) is 3.25. The second kappa shape index (κ2) is 5.92. The van der Waals surface area contributed by atoms with E-state index in [1.165, 1.54) is 0 Å². The molecule has 0 spiro atoms. The van der Waals surface area contributed by atoms with E-state index < -0.39 is 0 Å². The molecule has 19 heavy (non-hydrogen) atoms. The Balaban J connectivity index is 2.18. The van der Waals surface area contributed by atoms with Gasteiger partial charge in [-0.3, -0.25) is 0 Å². The highest BCUT2D eigenvalue weighted by atomic mass is 35.5. The Morgan fingerprint density at radius 3 is 3.00 bits per heavy atom. The van der Waals surface area contributed by atoms with Crippen molar-refractivity contribution in [1.29, 1.82) is 0 Å². The maximum atomic E-state index is 6.22. The Morgan fingerprint density at radius 2 is 2.32 bits per heavy atom. The van der Waals surface area contributed by atoms with E-state index in [1.54, 1.807) is 6.20 Å². The van der Waals surface area contributed by atoms with E-state index in [0.717, 1.165) is 31.9 Å². The van der Waals surface area contributed by atoms with Crippen molar-refractivity contribution in [2.24, 2.45) is 0 Å². The zero-order valence-electron chi connectivity index (χ0n) is 11.7. The van der Waals surface area contributed by atoms with Crippen LogP contribution in [0.5, 0.6) is 0 Å². The number of nitrogens with one attached hydrogen (secondary N) is 1.